The van der Waals surface area contributed by atoms with Crippen molar-refractivity contribution >= 4 is 44.0 Å². The van der Waals surface area contributed by atoms with Crippen molar-refractivity contribution in [2.75, 3.05) is 5.32 Å². The van der Waals surface area contributed by atoms with E-state index in [9.17, 15) is 13.2 Å². The topological polar surface area (TPSA) is 101 Å². The summed E-state index contributed by atoms with van der Waals surface area (Å²) in [6.45, 7) is 3.81. The molecule has 10 heteroatoms. The van der Waals surface area contributed by atoms with Gasteiger partial charge < -0.3 is 0 Å². The highest BCUT2D eigenvalue weighted by molar-refractivity contribution is 7.91. The summed E-state index contributed by atoms with van der Waals surface area (Å²) in [6.07, 6.45) is 0.912. The molecular formula is C19H19ClN4O3S2. The molecule has 0 saturated heterocycles. The van der Waals surface area contributed by atoms with E-state index in [1.165, 1.54) is 5.56 Å². The molecule has 0 aliphatic carbocycles. The molecule has 0 fully saturated rings. The van der Waals surface area contributed by atoms with Crippen LogP contribution in [-0.2, 0) is 16.4 Å². The Morgan fingerprint density at radius 1 is 1.10 bits per heavy atom. The number of sulfonamides is 1. The van der Waals surface area contributed by atoms with Crippen LogP contribution in [0.3, 0.4) is 0 Å². The molecule has 0 saturated carbocycles. The Labute approximate surface area is 178 Å². The highest BCUT2D eigenvalue weighted by Crippen LogP contribution is 2.23. The lowest BCUT2D eigenvalue weighted by Crippen LogP contribution is -2.26. The highest BCUT2D eigenvalue weighted by Gasteiger charge is 2.24. The number of hydrogen-bond acceptors (Lipinski definition) is 6. The number of nitrogens with zero attached hydrogens (tertiary/aromatic N) is 2. The molecule has 0 radical (unpaired) electrons. The van der Waals surface area contributed by atoms with Gasteiger partial charge in [-0.15, -0.1) is 10.2 Å². The van der Waals surface area contributed by atoms with Crippen LogP contribution < -0.4 is 10.0 Å². The minimum Gasteiger partial charge on any atom is -0.296 e. The molecule has 1 atom stereocenters. The molecule has 1 heterocycles. The Kier molecular flexibility index (Phi) is 6.63. The average molecular weight is 451 g/mol. The number of nitrogens with one attached hydrogen (secondary N) is 2. The third-order valence-corrected chi connectivity index (χ3v) is 7.18. The minimum atomic E-state index is -3.88. The fourth-order valence-electron chi connectivity index (χ4n) is 2.53. The van der Waals surface area contributed by atoms with Crippen LogP contribution in [0.15, 0.2) is 52.9 Å². The molecule has 0 spiro atoms. The van der Waals surface area contributed by atoms with E-state index in [0.717, 1.165) is 23.3 Å². The first-order valence-electron chi connectivity index (χ1n) is 8.80. The second-order valence-electron chi connectivity index (χ2n) is 6.27. The van der Waals surface area contributed by atoms with Gasteiger partial charge in [-0.1, -0.05) is 54.1 Å². The molecule has 3 rings (SSSR count). The van der Waals surface area contributed by atoms with E-state index in [0.29, 0.717) is 10.6 Å². The molecule has 0 unspecified atom stereocenters. The number of carbonyl (C=O) groups is 1. The molecule has 1 amide bonds. The van der Waals surface area contributed by atoms with Crippen LogP contribution in [-0.4, -0.2) is 24.5 Å². The number of benzene rings is 2. The van der Waals surface area contributed by atoms with Gasteiger partial charge in [0, 0.05) is 16.6 Å². The zero-order valence-corrected chi connectivity index (χ0v) is 18.1. The molecule has 7 nitrogen and oxygen atoms in total. The van der Waals surface area contributed by atoms with Crippen molar-refractivity contribution in [1.82, 2.24) is 14.9 Å². The van der Waals surface area contributed by atoms with E-state index >= 15 is 0 Å². The van der Waals surface area contributed by atoms with E-state index in [-0.39, 0.29) is 9.47 Å². The number of aromatic nitrogens is 2. The highest BCUT2D eigenvalue weighted by atomic mass is 35.5. The molecule has 3 aromatic rings. The van der Waals surface area contributed by atoms with Gasteiger partial charge in [0.2, 0.25) is 9.47 Å². The van der Waals surface area contributed by atoms with Crippen LogP contribution in [0.4, 0.5) is 5.13 Å². The van der Waals surface area contributed by atoms with Crippen LogP contribution in [0, 0.1) is 0 Å². The lowest BCUT2D eigenvalue weighted by molar-refractivity contribution is 0.102. The van der Waals surface area contributed by atoms with Gasteiger partial charge in [0.25, 0.3) is 15.9 Å². The average Bonchev–Trinajstić information content (AvgIpc) is 3.17. The molecule has 2 N–H and O–H groups in total. The number of anilines is 1. The number of carbonyl (C=O) groups excluding carboxylic acids is 1. The van der Waals surface area contributed by atoms with Gasteiger partial charge >= 0.3 is 0 Å². The number of aryl methyl sites for hydroxylation is 1. The normalized spacial score (nSPS) is 12.5. The maximum absolute atomic E-state index is 12.6. The van der Waals surface area contributed by atoms with E-state index < -0.39 is 22.0 Å². The third-order valence-electron chi connectivity index (χ3n) is 4.18. The van der Waals surface area contributed by atoms with E-state index in [1.54, 1.807) is 31.2 Å². The van der Waals surface area contributed by atoms with Gasteiger partial charge in [0.1, 0.15) is 0 Å². The second-order valence-corrected chi connectivity index (χ2v) is 9.57. The Morgan fingerprint density at radius 3 is 2.38 bits per heavy atom. The van der Waals surface area contributed by atoms with Crippen LogP contribution in [0.25, 0.3) is 0 Å². The van der Waals surface area contributed by atoms with Gasteiger partial charge in [0.05, 0.1) is 0 Å². The van der Waals surface area contributed by atoms with Crippen molar-refractivity contribution in [2.45, 2.75) is 30.6 Å². The smallest absolute Gasteiger partial charge is 0.270 e. The fraction of sp³-hybridized carbons (Fsp3) is 0.211. The molecule has 0 aliphatic rings. The van der Waals surface area contributed by atoms with Crippen LogP contribution in [0.1, 0.15) is 41.4 Å². The Balaban J connectivity index is 1.69. The molecule has 29 heavy (non-hydrogen) atoms. The second kappa shape index (κ2) is 9.00. The predicted octanol–water partition coefficient (Wildman–Crippen LogP) is 4.05. The zero-order chi connectivity index (χ0) is 21.0. The van der Waals surface area contributed by atoms with Crippen molar-refractivity contribution in [3.05, 3.63) is 70.2 Å². The summed E-state index contributed by atoms with van der Waals surface area (Å²) in [6, 6.07) is 13.6. The van der Waals surface area contributed by atoms with Gasteiger partial charge in [-0.2, -0.15) is 0 Å². The molecule has 2 aromatic carbocycles. The number of rotatable bonds is 7. The fourth-order valence-corrected chi connectivity index (χ4v) is 4.80. The lowest BCUT2D eigenvalue weighted by atomic mass is 10.1. The quantitative estimate of drug-likeness (QED) is 0.529. The Morgan fingerprint density at radius 2 is 1.76 bits per heavy atom. The first kappa shape index (κ1) is 21.4. The summed E-state index contributed by atoms with van der Waals surface area (Å²) in [7, 11) is -3.88. The maximum atomic E-state index is 12.6. The van der Waals surface area contributed by atoms with E-state index in [4.69, 9.17) is 11.6 Å². The van der Waals surface area contributed by atoms with Crippen molar-refractivity contribution in [3.63, 3.8) is 0 Å². The van der Waals surface area contributed by atoms with E-state index in [2.05, 4.69) is 27.2 Å². The Bertz CT molecular complexity index is 1100. The van der Waals surface area contributed by atoms with Crippen LogP contribution >= 0.6 is 22.9 Å². The monoisotopic (exact) mass is 450 g/mol. The summed E-state index contributed by atoms with van der Waals surface area (Å²) in [5.74, 6) is -0.431. The third kappa shape index (κ3) is 5.39. The predicted molar refractivity (Wildman–Crippen MR) is 114 cm³/mol. The molecular weight excluding hydrogens is 432 g/mol. The first-order chi connectivity index (χ1) is 13.8. The zero-order valence-electron chi connectivity index (χ0n) is 15.7. The molecule has 152 valence electrons. The van der Waals surface area contributed by atoms with Crippen molar-refractivity contribution < 1.29 is 13.2 Å². The standard InChI is InChI=1S/C19H19ClN4O3S2/c1-3-13-4-6-14(7-5-13)12(2)24-29(26,27)19-23-22-18(28-19)21-17(25)15-8-10-16(20)11-9-15/h4-12,24H,3H2,1-2H3,(H,21,22,25)/t12-/m1/s1. The van der Waals surface area contributed by atoms with Gasteiger partial charge in [0.15, 0.2) is 0 Å². The first-order valence-corrected chi connectivity index (χ1v) is 11.5. The largest absolute Gasteiger partial charge is 0.296 e. The summed E-state index contributed by atoms with van der Waals surface area (Å²) in [5.41, 5.74) is 2.39. The lowest BCUT2D eigenvalue weighted by Gasteiger charge is -2.13. The van der Waals surface area contributed by atoms with Crippen LogP contribution in [0.5, 0.6) is 0 Å². The molecule has 0 aliphatic heterocycles. The summed E-state index contributed by atoms with van der Waals surface area (Å²) < 4.78 is 27.6. The van der Waals surface area contributed by atoms with Gasteiger partial charge in [-0.3, -0.25) is 10.1 Å². The number of hydrogen-bond donors (Lipinski definition) is 2. The minimum absolute atomic E-state index is 0.0882. The van der Waals surface area contributed by atoms with E-state index in [1.807, 2.05) is 24.3 Å². The van der Waals surface area contributed by atoms with Crippen LogP contribution in [0.2, 0.25) is 5.02 Å². The van der Waals surface area contributed by atoms with Gasteiger partial charge in [-0.05, 0) is 48.7 Å². The molecule has 1 aromatic heterocycles. The summed E-state index contributed by atoms with van der Waals surface area (Å²) in [5, 5.41) is 10.6. The number of halogens is 1. The van der Waals surface area contributed by atoms with Crippen molar-refractivity contribution in [1.29, 1.82) is 0 Å². The number of amides is 1. The Hall–Kier alpha value is -2.33. The van der Waals surface area contributed by atoms with Crippen molar-refractivity contribution in [3.8, 4) is 0 Å². The summed E-state index contributed by atoms with van der Waals surface area (Å²) >= 11 is 6.58. The molecule has 0 bridgehead atoms. The van der Waals surface area contributed by atoms with Gasteiger partial charge in [-0.25, -0.2) is 13.1 Å². The SMILES string of the molecule is CCc1ccc([C@@H](C)NS(=O)(=O)c2nnc(NC(=O)c3ccc(Cl)cc3)s2)cc1. The van der Waals surface area contributed by atoms with Crippen molar-refractivity contribution in [2.24, 2.45) is 0 Å². The summed E-state index contributed by atoms with van der Waals surface area (Å²) in [4.78, 5) is 12.2. The maximum Gasteiger partial charge on any atom is 0.270 e.